The number of halogens is 1. The fourth-order valence-electron chi connectivity index (χ4n) is 2.85. The van der Waals surface area contributed by atoms with Crippen LogP contribution < -0.4 is 5.32 Å². The minimum Gasteiger partial charge on any atom is -0.310 e. The number of hydrogen-bond acceptors (Lipinski definition) is 1. The average molecular weight is 285 g/mol. The quantitative estimate of drug-likeness (QED) is 0.813. The van der Waals surface area contributed by atoms with Crippen LogP contribution in [0.3, 0.4) is 0 Å². The Bertz CT molecular complexity index is 565. The highest BCUT2D eigenvalue weighted by Gasteiger charge is 2.19. The van der Waals surface area contributed by atoms with Crippen LogP contribution in [0.4, 0.5) is 4.39 Å². The fraction of sp³-hybridized carbons (Fsp3) is 0.368. The molecule has 0 aliphatic carbocycles. The van der Waals surface area contributed by atoms with E-state index in [4.69, 9.17) is 0 Å². The van der Waals surface area contributed by atoms with Crippen molar-refractivity contribution in [1.29, 1.82) is 0 Å². The van der Waals surface area contributed by atoms with E-state index in [1.54, 1.807) is 6.07 Å². The second-order valence-electron chi connectivity index (χ2n) is 5.70. The normalized spacial score (nSPS) is 13.9. The molecule has 112 valence electrons. The summed E-state index contributed by atoms with van der Waals surface area (Å²) in [5, 5.41) is 3.56. The first-order chi connectivity index (χ1) is 10.1. The van der Waals surface area contributed by atoms with Crippen LogP contribution in [0, 0.1) is 18.7 Å². The number of benzene rings is 2. The third kappa shape index (κ3) is 4.15. The maximum atomic E-state index is 13.5. The van der Waals surface area contributed by atoms with Gasteiger partial charge in [-0.3, -0.25) is 0 Å². The minimum atomic E-state index is -0.150. The van der Waals surface area contributed by atoms with Crippen molar-refractivity contribution in [3.05, 3.63) is 71.0 Å². The van der Waals surface area contributed by atoms with Crippen LogP contribution >= 0.6 is 0 Å². The number of hydrogen-bond donors (Lipinski definition) is 1. The molecule has 0 aliphatic heterocycles. The third-order valence-corrected chi connectivity index (χ3v) is 4.00. The van der Waals surface area contributed by atoms with Crippen molar-refractivity contribution in [2.75, 3.05) is 6.54 Å². The van der Waals surface area contributed by atoms with E-state index in [1.165, 1.54) is 11.6 Å². The zero-order chi connectivity index (χ0) is 15.2. The molecule has 0 bridgehead atoms. The Labute approximate surface area is 127 Å². The van der Waals surface area contributed by atoms with Crippen LogP contribution in [0.2, 0.25) is 0 Å². The summed E-state index contributed by atoms with van der Waals surface area (Å²) in [5.41, 5.74) is 3.55. The van der Waals surface area contributed by atoms with Gasteiger partial charge in [0.1, 0.15) is 5.82 Å². The molecule has 1 N–H and O–H groups in total. The van der Waals surface area contributed by atoms with E-state index in [9.17, 15) is 4.39 Å². The molecule has 0 fully saturated rings. The van der Waals surface area contributed by atoms with Crippen molar-refractivity contribution in [3.63, 3.8) is 0 Å². The molecule has 1 nitrogen and oxygen atoms in total. The SMILES string of the molecule is CCNC(c1ccccc1)C(C)Cc1cc(F)ccc1C. The predicted molar refractivity (Wildman–Crippen MR) is 86.9 cm³/mol. The molecular formula is C19H24FN. The number of rotatable bonds is 6. The number of nitrogens with one attached hydrogen (secondary N) is 1. The van der Waals surface area contributed by atoms with E-state index in [1.807, 2.05) is 19.1 Å². The lowest BCUT2D eigenvalue weighted by Crippen LogP contribution is -2.28. The van der Waals surface area contributed by atoms with Gasteiger partial charge in [0, 0.05) is 6.04 Å². The maximum Gasteiger partial charge on any atom is 0.123 e. The monoisotopic (exact) mass is 285 g/mol. The predicted octanol–water partition coefficient (Wildman–Crippen LogP) is 4.66. The lowest BCUT2D eigenvalue weighted by molar-refractivity contribution is 0.390. The molecule has 2 atom stereocenters. The molecule has 21 heavy (non-hydrogen) atoms. The highest BCUT2D eigenvalue weighted by molar-refractivity contribution is 5.28. The Kier molecular flexibility index (Phi) is 5.51. The Hall–Kier alpha value is -1.67. The van der Waals surface area contributed by atoms with Gasteiger partial charge in [0.05, 0.1) is 0 Å². The van der Waals surface area contributed by atoms with Gasteiger partial charge in [-0.05, 0) is 54.6 Å². The van der Waals surface area contributed by atoms with Gasteiger partial charge >= 0.3 is 0 Å². The van der Waals surface area contributed by atoms with Gasteiger partial charge in [-0.2, -0.15) is 0 Å². The van der Waals surface area contributed by atoms with E-state index in [0.717, 1.165) is 24.1 Å². The molecule has 0 saturated carbocycles. The molecule has 0 aliphatic rings. The molecule has 0 spiro atoms. The minimum absolute atomic E-state index is 0.150. The summed E-state index contributed by atoms with van der Waals surface area (Å²) < 4.78 is 13.5. The van der Waals surface area contributed by atoms with E-state index in [2.05, 4.69) is 43.4 Å². The average Bonchev–Trinajstić information content (AvgIpc) is 2.49. The zero-order valence-electron chi connectivity index (χ0n) is 13.1. The number of aryl methyl sites for hydroxylation is 1. The van der Waals surface area contributed by atoms with Crippen molar-refractivity contribution >= 4 is 0 Å². The molecule has 2 rings (SSSR count). The van der Waals surface area contributed by atoms with Crippen molar-refractivity contribution in [2.24, 2.45) is 5.92 Å². The summed E-state index contributed by atoms with van der Waals surface area (Å²) in [6.07, 6.45) is 0.871. The molecule has 0 amide bonds. The Morgan fingerprint density at radius 3 is 2.48 bits per heavy atom. The summed E-state index contributed by atoms with van der Waals surface area (Å²) in [6.45, 7) is 7.32. The van der Waals surface area contributed by atoms with Crippen molar-refractivity contribution in [2.45, 2.75) is 33.2 Å². The van der Waals surface area contributed by atoms with Gasteiger partial charge in [0.15, 0.2) is 0 Å². The van der Waals surface area contributed by atoms with Gasteiger partial charge in [-0.25, -0.2) is 4.39 Å². The molecule has 2 aromatic carbocycles. The van der Waals surface area contributed by atoms with Crippen LogP contribution in [0.5, 0.6) is 0 Å². The molecule has 2 unspecified atom stereocenters. The van der Waals surface area contributed by atoms with Crippen molar-refractivity contribution in [1.82, 2.24) is 5.32 Å². The molecular weight excluding hydrogens is 261 g/mol. The van der Waals surface area contributed by atoms with E-state index < -0.39 is 0 Å². The lowest BCUT2D eigenvalue weighted by Gasteiger charge is -2.26. The fourth-order valence-corrected chi connectivity index (χ4v) is 2.85. The van der Waals surface area contributed by atoms with Crippen LogP contribution in [0.15, 0.2) is 48.5 Å². The van der Waals surface area contributed by atoms with Crippen molar-refractivity contribution < 1.29 is 4.39 Å². The first-order valence-corrected chi connectivity index (χ1v) is 7.65. The van der Waals surface area contributed by atoms with Crippen LogP contribution in [0.1, 0.15) is 36.6 Å². The topological polar surface area (TPSA) is 12.0 Å². The Morgan fingerprint density at radius 1 is 1.10 bits per heavy atom. The first-order valence-electron chi connectivity index (χ1n) is 7.65. The Morgan fingerprint density at radius 2 is 1.81 bits per heavy atom. The Balaban J connectivity index is 2.19. The summed E-state index contributed by atoms with van der Waals surface area (Å²) in [4.78, 5) is 0. The zero-order valence-corrected chi connectivity index (χ0v) is 13.1. The van der Waals surface area contributed by atoms with Crippen LogP contribution in [0.25, 0.3) is 0 Å². The highest BCUT2D eigenvalue weighted by atomic mass is 19.1. The van der Waals surface area contributed by atoms with Gasteiger partial charge in [0.25, 0.3) is 0 Å². The molecule has 2 heteroatoms. The van der Waals surface area contributed by atoms with Gasteiger partial charge in [0.2, 0.25) is 0 Å². The summed E-state index contributed by atoms with van der Waals surface area (Å²) in [5.74, 6) is 0.246. The molecule has 0 aromatic heterocycles. The largest absolute Gasteiger partial charge is 0.310 e. The van der Waals surface area contributed by atoms with E-state index >= 15 is 0 Å². The second kappa shape index (κ2) is 7.37. The van der Waals surface area contributed by atoms with Crippen molar-refractivity contribution in [3.8, 4) is 0 Å². The second-order valence-corrected chi connectivity index (χ2v) is 5.70. The smallest absolute Gasteiger partial charge is 0.123 e. The van der Waals surface area contributed by atoms with E-state index in [-0.39, 0.29) is 5.82 Å². The van der Waals surface area contributed by atoms with Gasteiger partial charge < -0.3 is 5.32 Å². The van der Waals surface area contributed by atoms with Gasteiger partial charge in [-0.15, -0.1) is 0 Å². The molecule has 0 radical (unpaired) electrons. The van der Waals surface area contributed by atoms with Gasteiger partial charge in [-0.1, -0.05) is 50.2 Å². The maximum absolute atomic E-state index is 13.5. The van der Waals surface area contributed by atoms with E-state index in [0.29, 0.717) is 12.0 Å². The van der Waals surface area contributed by atoms with Crippen LogP contribution in [-0.4, -0.2) is 6.54 Å². The summed E-state index contributed by atoms with van der Waals surface area (Å²) in [7, 11) is 0. The summed E-state index contributed by atoms with van der Waals surface area (Å²) >= 11 is 0. The molecule has 0 heterocycles. The summed E-state index contributed by atoms with van der Waals surface area (Å²) in [6, 6.07) is 15.8. The first kappa shape index (κ1) is 15.7. The molecule has 2 aromatic rings. The molecule has 0 saturated heterocycles. The lowest BCUT2D eigenvalue weighted by atomic mass is 9.88. The standard InChI is InChI=1S/C19H24FN/c1-4-21-19(16-8-6-5-7-9-16)15(3)12-17-13-18(20)11-10-14(17)2/h5-11,13,15,19,21H,4,12H2,1-3H3. The van der Waals surface area contributed by atoms with Crippen LogP contribution in [-0.2, 0) is 6.42 Å². The highest BCUT2D eigenvalue weighted by Crippen LogP contribution is 2.26. The third-order valence-electron chi connectivity index (χ3n) is 4.00.